The Balaban J connectivity index is 0.00000113. The van der Waals surface area contributed by atoms with Crippen LogP contribution in [0.1, 0.15) is 45.5 Å². The number of phenolic OH excluding ortho intramolecular Hbond substituents is 1. The molecule has 0 unspecified atom stereocenters. The number of phenols is 1. The maximum atomic E-state index is 10.7. The number of nitrogens with zero attached hydrogens (tertiary/aromatic N) is 2. The van der Waals surface area contributed by atoms with Crippen LogP contribution in [0.5, 0.6) is 46.0 Å². The van der Waals surface area contributed by atoms with Gasteiger partial charge in [-0.15, -0.1) is 0 Å². The Kier molecular flexibility index (Phi) is 12.8. The van der Waals surface area contributed by atoms with Crippen molar-refractivity contribution in [3.8, 4) is 46.0 Å². The summed E-state index contributed by atoms with van der Waals surface area (Å²) >= 11 is 4.30. The lowest BCUT2D eigenvalue weighted by Gasteiger charge is -2.37. The number of halogens is 2. The number of ether oxygens (including phenoxy) is 5. The third-order valence-electron chi connectivity index (χ3n) is 9.64. The van der Waals surface area contributed by atoms with E-state index in [1.807, 2.05) is 34.1 Å². The van der Waals surface area contributed by atoms with Gasteiger partial charge < -0.3 is 28.8 Å². The normalized spacial score (nSPS) is 18.1. The minimum absolute atomic E-state index is 0.0254. The second-order valence-electron chi connectivity index (χ2n) is 12.3. The molecule has 6 bridgehead atoms. The van der Waals surface area contributed by atoms with Crippen molar-refractivity contribution in [2.75, 3.05) is 58.4 Å². The summed E-state index contributed by atoms with van der Waals surface area (Å²) in [6.07, 6.45) is 3.25. The maximum absolute atomic E-state index is 10.7. The molecule has 0 aliphatic carbocycles. The van der Waals surface area contributed by atoms with Crippen molar-refractivity contribution in [3.63, 3.8) is 0 Å². The molecule has 4 aliphatic rings. The number of rotatable bonds is 3. The van der Waals surface area contributed by atoms with E-state index in [-0.39, 0.29) is 17.8 Å². The number of likely N-dealkylation sites (N-methyl/N-ethyl adjacent to an activating group) is 2. The first-order chi connectivity index (χ1) is 23.9. The molecule has 0 amide bonds. The van der Waals surface area contributed by atoms with Crippen LogP contribution in [-0.4, -0.2) is 73.3 Å². The van der Waals surface area contributed by atoms with E-state index in [0.717, 1.165) is 55.5 Å². The number of hydrogen-bond acceptors (Lipinski definition) is 8. The lowest BCUT2D eigenvalue weighted by molar-refractivity contribution is 0.220. The number of alkyl halides is 2. The van der Waals surface area contributed by atoms with Crippen LogP contribution in [0, 0.1) is 0 Å². The SMILES string of the molecule is CI.CI.COc1cc2c3cc1Oc1c(OC)c(OC)cc4c1[C@H](Cc1ccc(cc1)Oc1cc(ccc1O)C[C@H]3N(C)CC2)N(C)CC4. The third kappa shape index (κ3) is 7.72. The second kappa shape index (κ2) is 16.8. The Hall–Kier alpha value is -2.94. The number of methoxy groups -OCH3 is 3. The fraction of sp³-hybridized carbons (Fsp3) is 0.385. The van der Waals surface area contributed by atoms with E-state index in [4.69, 9.17) is 23.7 Å². The second-order valence-corrected chi connectivity index (χ2v) is 12.3. The Bertz CT molecular complexity index is 1750. The Morgan fingerprint density at radius 1 is 0.673 bits per heavy atom. The minimum Gasteiger partial charge on any atom is -0.504 e. The van der Waals surface area contributed by atoms with Crippen molar-refractivity contribution < 1.29 is 28.8 Å². The Morgan fingerprint density at radius 3 is 1.96 bits per heavy atom. The lowest BCUT2D eigenvalue weighted by atomic mass is 9.87. The number of benzene rings is 4. The van der Waals surface area contributed by atoms with Crippen molar-refractivity contribution in [1.82, 2.24) is 9.80 Å². The average molecular weight is 893 g/mol. The van der Waals surface area contributed by atoms with E-state index in [1.54, 1.807) is 27.4 Å². The van der Waals surface area contributed by atoms with Gasteiger partial charge in [0.25, 0.3) is 0 Å². The Labute approximate surface area is 317 Å². The molecule has 4 aromatic rings. The summed E-state index contributed by atoms with van der Waals surface area (Å²) in [6.45, 7) is 1.82. The Morgan fingerprint density at radius 2 is 1.29 bits per heavy atom. The van der Waals surface area contributed by atoms with Crippen LogP contribution in [0.4, 0.5) is 0 Å². The van der Waals surface area contributed by atoms with Crippen LogP contribution in [0.25, 0.3) is 0 Å². The topological polar surface area (TPSA) is 72.9 Å². The molecule has 4 aliphatic heterocycles. The molecule has 0 spiro atoms. The highest BCUT2D eigenvalue weighted by Gasteiger charge is 2.34. The highest BCUT2D eigenvalue weighted by molar-refractivity contribution is 14.1. The van der Waals surface area contributed by atoms with Gasteiger partial charge in [-0.05, 0) is 120 Å². The van der Waals surface area contributed by atoms with Gasteiger partial charge in [0.1, 0.15) is 5.75 Å². The summed E-state index contributed by atoms with van der Waals surface area (Å²) < 4.78 is 31.0. The van der Waals surface area contributed by atoms with Crippen molar-refractivity contribution in [1.29, 1.82) is 0 Å². The summed E-state index contributed by atoms with van der Waals surface area (Å²) in [4.78, 5) is 8.69. The molecule has 0 radical (unpaired) electrons. The van der Waals surface area contributed by atoms with E-state index < -0.39 is 0 Å². The van der Waals surface area contributed by atoms with Crippen LogP contribution < -0.4 is 23.7 Å². The molecule has 1 N–H and O–H groups in total. The zero-order valence-electron chi connectivity index (χ0n) is 29.3. The van der Waals surface area contributed by atoms with Gasteiger partial charge in [-0.2, -0.15) is 0 Å². The van der Waals surface area contributed by atoms with E-state index >= 15 is 0 Å². The first-order valence-corrected chi connectivity index (χ1v) is 20.6. The standard InChI is InChI=1S/C37H40N2O6.2CH3I/c1-38-14-12-24-19-32(41-3)33-21-27(24)28(38)17-23-8-11-30(40)31(18-23)44-26-9-6-22(7-10-26)16-29-35-25(13-15-39(29)2)20-34(42-4)36(43-5)37(35)45-33;2*1-2/h6-11,18-21,28-29,40H,12-17H2,1-5H3;2*1H3/t28-,29+;;/m1../s1. The summed E-state index contributed by atoms with van der Waals surface area (Å²) in [5.41, 5.74) is 6.93. The van der Waals surface area contributed by atoms with E-state index in [0.29, 0.717) is 40.2 Å². The number of aromatic hydroxyl groups is 1. The van der Waals surface area contributed by atoms with Crippen molar-refractivity contribution in [2.45, 2.75) is 37.8 Å². The van der Waals surface area contributed by atoms with Crippen molar-refractivity contribution in [2.24, 2.45) is 0 Å². The molecule has 49 heavy (non-hydrogen) atoms. The van der Waals surface area contributed by atoms with Gasteiger partial charge >= 0.3 is 0 Å². The quantitative estimate of drug-likeness (QED) is 0.162. The summed E-state index contributed by atoms with van der Waals surface area (Å²) in [5.74, 6) is 4.44. The molecule has 8 rings (SSSR count). The molecule has 262 valence electrons. The summed E-state index contributed by atoms with van der Waals surface area (Å²) in [6, 6.07) is 20.2. The van der Waals surface area contributed by atoms with Crippen LogP contribution in [0.2, 0.25) is 0 Å². The minimum atomic E-state index is 0.0254. The highest BCUT2D eigenvalue weighted by atomic mass is 127. The van der Waals surface area contributed by atoms with Crippen LogP contribution in [0.15, 0.2) is 60.7 Å². The molecular formula is C39H46I2N2O6. The van der Waals surface area contributed by atoms with Gasteiger partial charge in [-0.1, -0.05) is 63.4 Å². The van der Waals surface area contributed by atoms with Crippen LogP contribution in [0.3, 0.4) is 0 Å². The molecule has 0 saturated carbocycles. The fourth-order valence-electron chi connectivity index (χ4n) is 7.11. The molecular weight excluding hydrogens is 846 g/mol. The van der Waals surface area contributed by atoms with Crippen LogP contribution in [-0.2, 0) is 25.7 Å². The van der Waals surface area contributed by atoms with E-state index in [9.17, 15) is 5.11 Å². The predicted molar refractivity (Wildman–Crippen MR) is 213 cm³/mol. The first kappa shape index (κ1) is 37.3. The predicted octanol–water partition coefficient (Wildman–Crippen LogP) is 8.96. The molecule has 0 aromatic heterocycles. The fourth-order valence-corrected chi connectivity index (χ4v) is 7.11. The smallest absolute Gasteiger partial charge is 0.204 e. The third-order valence-corrected chi connectivity index (χ3v) is 9.64. The molecule has 4 aromatic carbocycles. The summed E-state index contributed by atoms with van der Waals surface area (Å²) in [7, 11) is 9.34. The van der Waals surface area contributed by atoms with Gasteiger partial charge in [-0.25, -0.2) is 0 Å². The molecule has 10 heteroatoms. The zero-order chi connectivity index (χ0) is 35.2. The van der Waals surface area contributed by atoms with Gasteiger partial charge in [0.15, 0.2) is 34.5 Å². The van der Waals surface area contributed by atoms with Gasteiger partial charge in [0.05, 0.1) is 21.3 Å². The lowest BCUT2D eigenvalue weighted by Crippen LogP contribution is -2.34. The number of fused-ring (bicyclic) bond motifs is 2. The van der Waals surface area contributed by atoms with Crippen molar-refractivity contribution >= 4 is 45.2 Å². The summed E-state index contributed by atoms with van der Waals surface area (Å²) in [5, 5.41) is 10.7. The first-order valence-electron chi connectivity index (χ1n) is 16.3. The number of hydrogen-bond donors (Lipinski definition) is 1. The molecule has 2 atom stereocenters. The molecule has 8 nitrogen and oxygen atoms in total. The maximum Gasteiger partial charge on any atom is 0.204 e. The largest absolute Gasteiger partial charge is 0.504 e. The van der Waals surface area contributed by atoms with Gasteiger partial charge in [0.2, 0.25) is 5.75 Å². The van der Waals surface area contributed by atoms with E-state index in [2.05, 4.69) is 99.4 Å². The average Bonchev–Trinajstić information content (AvgIpc) is 3.13. The van der Waals surface area contributed by atoms with Crippen molar-refractivity contribution in [3.05, 3.63) is 94.0 Å². The molecule has 0 fully saturated rings. The highest BCUT2D eigenvalue weighted by Crippen LogP contribution is 2.51. The molecule has 0 saturated heterocycles. The van der Waals surface area contributed by atoms with E-state index in [1.165, 1.54) is 16.7 Å². The molecule has 4 heterocycles. The van der Waals surface area contributed by atoms with Gasteiger partial charge in [0, 0.05) is 30.7 Å². The monoisotopic (exact) mass is 892 g/mol. The van der Waals surface area contributed by atoms with Crippen LogP contribution >= 0.6 is 45.2 Å². The zero-order valence-corrected chi connectivity index (χ0v) is 33.6. The van der Waals surface area contributed by atoms with Gasteiger partial charge in [-0.3, -0.25) is 9.80 Å².